The summed E-state index contributed by atoms with van der Waals surface area (Å²) >= 11 is 0. The molecule has 1 aromatic rings. The van der Waals surface area contributed by atoms with Gasteiger partial charge >= 0.3 is 0 Å². The average molecular weight is 378 g/mol. The van der Waals surface area contributed by atoms with Gasteiger partial charge in [-0.25, -0.2) is 0 Å². The van der Waals surface area contributed by atoms with Gasteiger partial charge in [-0.15, -0.1) is 0 Å². The first kappa shape index (κ1) is 23.0. The second kappa shape index (κ2) is 11.0. The number of hydrogen-bond acceptors (Lipinski definition) is 5. The van der Waals surface area contributed by atoms with Crippen LogP contribution < -0.4 is 10.5 Å². The van der Waals surface area contributed by atoms with Gasteiger partial charge in [0.15, 0.2) is 23.0 Å². The number of aromatic hydroxyl groups is 1. The van der Waals surface area contributed by atoms with Gasteiger partial charge in [-0.3, -0.25) is 4.79 Å². The Labute approximate surface area is 163 Å². The highest BCUT2D eigenvalue weighted by molar-refractivity contribution is 5.94. The van der Waals surface area contributed by atoms with Crippen LogP contribution in [0, 0.1) is 11.3 Å². The number of benzene rings is 1. The number of nitrogens with two attached hydrogens (primary N) is 1. The second-order valence-corrected chi connectivity index (χ2v) is 7.20. The molecule has 0 saturated heterocycles. The standard InChI is InChI=1S/C12H18O2.C9H12O2.CH5N/c1-12-6-4-3-5-9(12)7-11(14-2)10(13)8-12;1-3-7-4-5-9(11-2)8(10)6-7;1-2/h7,9H,3-6,8H2,1-2H3;4-6,10H,3H2,1-2H3;2H2,1H3. The number of carbonyl (C=O) groups is 1. The molecule has 1 saturated carbocycles. The molecule has 3 rings (SSSR count). The maximum atomic E-state index is 11.7. The number of allylic oxidation sites excluding steroid dienone is 2. The van der Waals surface area contributed by atoms with Gasteiger partial charge in [0.05, 0.1) is 14.2 Å². The summed E-state index contributed by atoms with van der Waals surface area (Å²) in [6.07, 6.45) is 8.64. The zero-order valence-corrected chi connectivity index (χ0v) is 17.4. The number of phenolic OH excluding ortho intramolecular Hbond substituents is 1. The maximum absolute atomic E-state index is 11.7. The maximum Gasteiger partial charge on any atom is 0.197 e. The van der Waals surface area contributed by atoms with E-state index in [4.69, 9.17) is 9.47 Å². The van der Waals surface area contributed by atoms with Crippen molar-refractivity contribution >= 4 is 5.78 Å². The monoisotopic (exact) mass is 377 g/mol. The molecule has 5 nitrogen and oxygen atoms in total. The van der Waals surface area contributed by atoms with Gasteiger partial charge in [0, 0.05) is 6.42 Å². The lowest BCUT2D eigenvalue weighted by Crippen LogP contribution is -2.36. The third kappa shape index (κ3) is 5.99. The first-order chi connectivity index (χ1) is 12.9. The normalized spacial score (nSPS) is 23.6. The molecule has 2 aliphatic carbocycles. The zero-order chi connectivity index (χ0) is 20.4. The number of Topliss-reactive ketones (excluding diaryl/α,β-unsaturated/α-hetero) is 1. The number of hydrogen-bond donors (Lipinski definition) is 2. The number of phenols is 1. The van der Waals surface area contributed by atoms with Crippen molar-refractivity contribution in [2.75, 3.05) is 21.3 Å². The molecule has 0 heterocycles. The average Bonchev–Trinajstić information content (AvgIpc) is 2.68. The number of aryl methyl sites for hydroxylation is 1. The van der Waals surface area contributed by atoms with Crippen LogP contribution in [-0.2, 0) is 16.0 Å². The number of fused-ring (bicyclic) bond motifs is 1. The summed E-state index contributed by atoms with van der Waals surface area (Å²) in [6.45, 7) is 4.29. The Balaban J connectivity index is 0.000000254. The van der Waals surface area contributed by atoms with Gasteiger partial charge in [-0.2, -0.15) is 0 Å². The fraction of sp³-hybridized carbons (Fsp3) is 0.591. The van der Waals surface area contributed by atoms with Crippen molar-refractivity contribution in [2.45, 2.75) is 52.4 Å². The van der Waals surface area contributed by atoms with Gasteiger partial charge in [-0.05, 0) is 61.4 Å². The fourth-order valence-electron chi connectivity index (χ4n) is 3.80. The van der Waals surface area contributed by atoms with E-state index in [1.165, 1.54) is 32.7 Å². The third-order valence-corrected chi connectivity index (χ3v) is 5.47. The topological polar surface area (TPSA) is 81.8 Å². The highest BCUT2D eigenvalue weighted by Gasteiger charge is 2.41. The van der Waals surface area contributed by atoms with Gasteiger partial charge < -0.3 is 20.3 Å². The molecule has 2 unspecified atom stereocenters. The van der Waals surface area contributed by atoms with E-state index in [0.29, 0.717) is 23.8 Å². The molecule has 0 amide bonds. The molecule has 2 aliphatic rings. The molecule has 0 radical (unpaired) electrons. The molecule has 1 fully saturated rings. The highest BCUT2D eigenvalue weighted by atomic mass is 16.5. The SMILES string of the molecule is CCc1ccc(OC)c(O)c1.CN.COC1=CC2CCCCC2(C)CC1=O. The summed E-state index contributed by atoms with van der Waals surface area (Å²) in [6, 6.07) is 5.44. The number of ether oxygens (including phenoxy) is 2. The van der Waals surface area contributed by atoms with E-state index < -0.39 is 0 Å². The predicted octanol–water partition coefficient (Wildman–Crippen LogP) is 4.22. The first-order valence-corrected chi connectivity index (χ1v) is 9.66. The van der Waals surface area contributed by atoms with Crippen molar-refractivity contribution in [3.05, 3.63) is 35.6 Å². The zero-order valence-electron chi connectivity index (χ0n) is 17.4. The van der Waals surface area contributed by atoms with Crippen LogP contribution in [0.5, 0.6) is 11.5 Å². The van der Waals surface area contributed by atoms with E-state index in [-0.39, 0.29) is 16.9 Å². The molecule has 27 heavy (non-hydrogen) atoms. The van der Waals surface area contributed by atoms with E-state index in [2.05, 4.69) is 18.7 Å². The van der Waals surface area contributed by atoms with Crippen LogP contribution in [0.3, 0.4) is 0 Å². The number of methoxy groups -OCH3 is 2. The van der Waals surface area contributed by atoms with Crippen LogP contribution >= 0.6 is 0 Å². The minimum absolute atomic E-state index is 0.188. The predicted molar refractivity (Wildman–Crippen MR) is 109 cm³/mol. The second-order valence-electron chi connectivity index (χ2n) is 7.20. The van der Waals surface area contributed by atoms with Crippen LogP contribution in [0.25, 0.3) is 0 Å². The molecular weight excluding hydrogens is 342 g/mol. The lowest BCUT2D eigenvalue weighted by Gasteiger charge is -2.42. The molecule has 1 aromatic carbocycles. The van der Waals surface area contributed by atoms with Crippen molar-refractivity contribution in [1.29, 1.82) is 0 Å². The molecule has 3 N–H and O–H groups in total. The fourth-order valence-corrected chi connectivity index (χ4v) is 3.80. The lowest BCUT2D eigenvalue weighted by atomic mass is 9.62. The van der Waals surface area contributed by atoms with Crippen LogP contribution in [0.2, 0.25) is 0 Å². The molecule has 0 spiro atoms. The first-order valence-electron chi connectivity index (χ1n) is 9.66. The Bertz CT molecular complexity index is 641. The molecule has 0 aliphatic heterocycles. The Kier molecular flexibility index (Phi) is 9.36. The van der Waals surface area contributed by atoms with Crippen molar-refractivity contribution in [3.63, 3.8) is 0 Å². The van der Waals surface area contributed by atoms with Gasteiger partial charge in [-0.1, -0.05) is 32.8 Å². The number of rotatable bonds is 3. The van der Waals surface area contributed by atoms with Crippen molar-refractivity contribution < 1.29 is 19.4 Å². The molecule has 2 atom stereocenters. The molecule has 0 aromatic heterocycles. The summed E-state index contributed by atoms with van der Waals surface area (Å²) in [4.78, 5) is 11.7. The van der Waals surface area contributed by atoms with Crippen LogP contribution in [0.4, 0.5) is 0 Å². The molecule has 5 heteroatoms. The van der Waals surface area contributed by atoms with E-state index in [1.54, 1.807) is 26.4 Å². The Morgan fingerprint density at radius 3 is 2.48 bits per heavy atom. The van der Waals surface area contributed by atoms with Crippen molar-refractivity contribution in [2.24, 2.45) is 17.1 Å². The van der Waals surface area contributed by atoms with Crippen molar-refractivity contribution in [1.82, 2.24) is 0 Å². The van der Waals surface area contributed by atoms with Crippen LogP contribution in [0.15, 0.2) is 30.0 Å². The van der Waals surface area contributed by atoms with Crippen LogP contribution in [0.1, 0.15) is 51.5 Å². The summed E-state index contributed by atoms with van der Waals surface area (Å²) in [5.74, 6) is 2.08. The highest BCUT2D eigenvalue weighted by Crippen LogP contribution is 2.47. The van der Waals surface area contributed by atoms with E-state index >= 15 is 0 Å². The number of carbonyl (C=O) groups excluding carboxylic acids is 1. The Hall–Kier alpha value is -2.01. The van der Waals surface area contributed by atoms with E-state index in [0.717, 1.165) is 12.0 Å². The van der Waals surface area contributed by atoms with Gasteiger partial charge in [0.1, 0.15) is 0 Å². The minimum atomic E-state index is 0.188. The number of ketones is 1. The molecule has 152 valence electrons. The van der Waals surface area contributed by atoms with Crippen LogP contribution in [-0.4, -0.2) is 32.2 Å². The quantitative estimate of drug-likeness (QED) is 0.824. The summed E-state index contributed by atoms with van der Waals surface area (Å²) in [7, 11) is 4.63. The van der Waals surface area contributed by atoms with Gasteiger partial charge in [0.25, 0.3) is 0 Å². The minimum Gasteiger partial charge on any atom is -0.504 e. The summed E-state index contributed by atoms with van der Waals surface area (Å²) in [5.41, 5.74) is 5.83. The third-order valence-electron chi connectivity index (χ3n) is 5.47. The largest absolute Gasteiger partial charge is 0.504 e. The van der Waals surface area contributed by atoms with Gasteiger partial charge in [0.2, 0.25) is 0 Å². The van der Waals surface area contributed by atoms with Crippen molar-refractivity contribution in [3.8, 4) is 11.5 Å². The Morgan fingerprint density at radius 2 is 1.93 bits per heavy atom. The molecule has 0 bridgehead atoms. The molecular formula is C22H35NO4. The Morgan fingerprint density at radius 1 is 1.22 bits per heavy atom. The summed E-state index contributed by atoms with van der Waals surface area (Å²) in [5, 5.41) is 9.30. The van der Waals surface area contributed by atoms with E-state index in [9.17, 15) is 9.90 Å². The summed E-state index contributed by atoms with van der Waals surface area (Å²) < 4.78 is 10.0. The smallest absolute Gasteiger partial charge is 0.197 e. The van der Waals surface area contributed by atoms with E-state index in [1.807, 2.05) is 13.0 Å². The lowest BCUT2D eigenvalue weighted by molar-refractivity contribution is -0.123.